The Labute approximate surface area is 196 Å². The standard InChI is InChI=1S/C22H15BrClN3O3S/c23-16-4-1-3-14(9-16)10-20-21(29)27(13-18-5-2-8-30-18)22(31-20)26-25-12-15-11-17(24)6-7-19(15)28/h1-12,28H,13H2/b20-10-,25-12+,26-22-. The number of carbonyl (C=O) groups excluding carboxylic acids is 1. The van der Waals surface area contributed by atoms with Crippen molar-refractivity contribution in [2.24, 2.45) is 10.2 Å². The molecule has 0 radical (unpaired) electrons. The number of thioether (sulfide) groups is 1. The molecule has 2 heterocycles. The van der Waals surface area contributed by atoms with E-state index in [2.05, 4.69) is 26.1 Å². The van der Waals surface area contributed by atoms with Crippen molar-refractivity contribution in [3.8, 4) is 5.75 Å². The first-order chi connectivity index (χ1) is 15.0. The van der Waals surface area contributed by atoms with Crippen molar-refractivity contribution in [3.05, 3.63) is 92.1 Å². The molecule has 3 aromatic rings. The highest BCUT2D eigenvalue weighted by Crippen LogP contribution is 2.34. The van der Waals surface area contributed by atoms with Crippen LogP contribution < -0.4 is 0 Å². The van der Waals surface area contributed by atoms with Gasteiger partial charge in [0.25, 0.3) is 5.91 Å². The van der Waals surface area contributed by atoms with Crippen LogP contribution in [-0.2, 0) is 11.3 Å². The van der Waals surface area contributed by atoms with Gasteiger partial charge in [0.05, 0.1) is 23.9 Å². The van der Waals surface area contributed by atoms with E-state index in [4.69, 9.17) is 16.0 Å². The smallest absolute Gasteiger partial charge is 0.267 e. The van der Waals surface area contributed by atoms with Crippen LogP contribution in [-0.4, -0.2) is 27.3 Å². The number of hydrogen-bond donors (Lipinski definition) is 1. The number of furan rings is 1. The Morgan fingerprint density at radius 1 is 1.19 bits per heavy atom. The molecule has 6 nitrogen and oxygen atoms in total. The summed E-state index contributed by atoms with van der Waals surface area (Å²) in [6, 6.07) is 15.8. The number of phenolic OH excluding ortho intramolecular Hbond substituents is 1. The summed E-state index contributed by atoms with van der Waals surface area (Å²) >= 11 is 10.6. The molecular weight excluding hydrogens is 502 g/mol. The predicted molar refractivity (Wildman–Crippen MR) is 127 cm³/mol. The first-order valence-corrected chi connectivity index (χ1v) is 11.1. The van der Waals surface area contributed by atoms with Crippen molar-refractivity contribution in [3.63, 3.8) is 0 Å². The van der Waals surface area contributed by atoms with Crippen molar-refractivity contribution < 1.29 is 14.3 Å². The molecule has 0 bridgehead atoms. The van der Waals surface area contributed by atoms with Crippen LogP contribution in [0.2, 0.25) is 5.02 Å². The van der Waals surface area contributed by atoms with E-state index < -0.39 is 0 Å². The third kappa shape index (κ3) is 5.28. The van der Waals surface area contributed by atoms with Gasteiger partial charge in [-0.2, -0.15) is 5.10 Å². The van der Waals surface area contributed by atoms with Crippen molar-refractivity contribution in [2.75, 3.05) is 0 Å². The fourth-order valence-corrected chi connectivity index (χ4v) is 4.33. The molecule has 1 aliphatic heterocycles. The molecule has 9 heteroatoms. The number of carbonyl (C=O) groups is 1. The number of phenols is 1. The van der Waals surface area contributed by atoms with Gasteiger partial charge in [-0.1, -0.05) is 39.7 Å². The van der Waals surface area contributed by atoms with E-state index in [-0.39, 0.29) is 18.2 Å². The van der Waals surface area contributed by atoms with Gasteiger partial charge >= 0.3 is 0 Å². The Hall–Kier alpha value is -2.81. The molecule has 1 amide bonds. The van der Waals surface area contributed by atoms with Crippen LogP contribution in [0, 0.1) is 0 Å². The highest BCUT2D eigenvalue weighted by molar-refractivity contribution is 9.10. The molecular formula is C22H15BrClN3O3S. The van der Waals surface area contributed by atoms with Crippen LogP contribution in [0.4, 0.5) is 0 Å². The Morgan fingerprint density at radius 3 is 2.84 bits per heavy atom. The molecule has 0 atom stereocenters. The number of amidine groups is 1. The van der Waals surface area contributed by atoms with Gasteiger partial charge in [-0.25, -0.2) is 0 Å². The largest absolute Gasteiger partial charge is 0.507 e. The molecule has 1 N–H and O–H groups in total. The second-order valence-electron chi connectivity index (χ2n) is 6.47. The fraction of sp³-hybridized carbons (Fsp3) is 0.0455. The van der Waals surface area contributed by atoms with E-state index in [1.807, 2.05) is 30.3 Å². The lowest BCUT2D eigenvalue weighted by molar-refractivity contribution is -0.122. The molecule has 0 spiro atoms. The molecule has 4 rings (SSSR count). The van der Waals surface area contributed by atoms with Gasteiger partial charge < -0.3 is 9.52 Å². The highest BCUT2D eigenvalue weighted by atomic mass is 79.9. The lowest BCUT2D eigenvalue weighted by Gasteiger charge is -2.12. The molecule has 0 unspecified atom stereocenters. The lowest BCUT2D eigenvalue weighted by Crippen LogP contribution is -2.28. The number of hydrogen-bond acceptors (Lipinski definition) is 6. The van der Waals surface area contributed by atoms with Gasteiger partial charge in [-0.3, -0.25) is 9.69 Å². The lowest BCUT2D eigenvalue weighted by atomic mass is 10.2. The van der Waals surface area contributed by atoms with E-state index in [1.54, 1.807) is 30.5 Å². The molecule has 1 aromatic heterocycles. The summed E-state index contributed by atoms with van der Waals surface area (Å²) < 4.78 is 6.31. The van der Waals surface area contributed by atoms with Crippen molar-refractivity contribution in [1.29, 1.82) is 0 Å². The molecule has 156 valence electrons. The van der Waals surface area contributed by atoms with Crippen molar-refractivity contribution in [2.45, 2.75) is 6.54 Å². The Morgan fingerprint density at radius 2 is 2.06 bits per heavy atom. The fourth-order valence-electron chi connectivity index (χ4n) is 2.80. The zero-order valence-corrected chi connectivity index (χ0v) is 19.1. The SMILES string of the molecule is O=C1/C(=C/c2cccc(Br)c2)S/C(=N\N=C\c2cc(Cl)ccc2O)N1Cc1ccco1. The van der Waals surface area contributed by atoms with Crippen LogP contribution >= 0.6 is 39.3 Å². The molecule has 1 fully saturated rings. The normalized spacial score (nSPS) is 16.8. The minimum atomic E-state index is -0.194. The van der Waals surface area contributed by atoms with Crippen LogP contribution in [0.3, 0.4) is 0 Å². The number of benzene rings is 2. The van der Waals surface area contributed by atoms with Crippen molar-refractivity contribution in [1.82, 2.24) is 4.90 Å². The average molecular weight is 517 g/mol. The van der Waals surface area contributed by atoms with Gasteiger partial charge in [0.15, 0.2) is 5.17 Å². The van der Waals surface area contributed by atoms with Gasteiger partial charge in [-0.15, -0.1) is 5.10 Å². The zero-order chi connectivity index (χ0) is 21.8. The second-order valence-corrected chi connectivity index (χ2v) is 8.83. The van der Waals surface area contributed by atoms with E-state index >= 15 is 0 Å². The Kier molecular flexibility index (Phi) is 6.60. The summed E-state index contributed by atoms with van der Waals surface area (Å²) in [7, 11) is 0. The van der Waals surface area contributed by atoms with E-state index in [0.29, 0.717) is 26.4 Å². The maximum atomic E-state index is 13.1. The van der Waals surface area contributed by atoms with E-state index in [9.17, 15) is 9.90 Å². The average Bonchev–Trinajstić information content (AvgIpc) is 3.35. The summed E-state index contributed by atoms with van der Waals surface area (Å²) in [4.78, 5) is 15.1. The van der Waals surface area contributed by atoms with E-state index in [0.717, 1.165) is 10.0 Å². The monoisotopic (exact) mass is 515 g/mol. The maximum absolute atomic E-state index is 13.1. The molecule has 0 saturated carbocycles. The summed E-state index contributed by atoms with van der Waals surface area (Å²) in [5.41, 5.74) is 1.31. The van der Waals surface area contributed by atoms with Crippen LogP contribution in [0.25, 0.3) is 6.08 Å². The van der Waals surface area contributed by atoms with Gasteiger partial charge in [0.2, 0.25) is 0 Å². The van der Waals surface area contributed by atoms with E-state index in [1.165, 1.54) is 28.9 Å². The summed E-state index contributed by atoms with van der Waals surface area (Å²) in [5.74, 6) is 0.467. The summed E-state index contributed by atoms with van der Waals surface area (Å²) in [5, 5.41) is 19.1. The quantitative estimate of drug-likeness (QED) is 0.260. The number of aromatic hydroxyl groups is 1. The number of amides is 1. The summed E-state index contributed by atoms with van der Waals surface area (Å²) in [6.07, 6.45) is 4.75. The van der Waals surface area contributed by atoms with Crippen LogP contribution in [0.15, 0.2) is 84.9 Å². The minimum Gasteiger partial charge on any atom is -0.507 e. The van der Waals surface area contributed by atoms with Gasteiger partial charge in [0, 0.05) is 15.1 Å². The van der Waals surface area contributed by atoms with Gasteiger partial charge in [-0.05, 0) is 65.9 Å². The number of nitrogens with zero attached hydrogens (tertiary/aromatic N) is 3. The third-order valence-corrected chi connectivity index (χ3v) is 5.98. The highest BCUT2D eigenvalue weighted by Gasteiger charge is 2.34. The third-order valence-electron chi connectivity index (χ3n) is 4.26. The van der Waals surface area contributed by atoms with Crippen LogP contribution in [0.1, 0.15) is 16.9 Å². The van der Waals surface area contributed by atoms with Gasteiger partial charge in [0.1, 0.15) is 11.5 Å². The number of rotatable bonds is 5. The van der Waals surface area contributed by atoms with Crippen molar-refractivity contribution >= 4 is 62.7 Å². The molecule has 0 aliphatic carbocycles. The Bertz CT molecular complexity index is 1210. The molecule has 2 aromatic carbocycles. The molecule has 31 heavy (non-hydrogen) atoms. The Balaban J connectivity index is 1.64. The van der Waals surface area contributed by atoms with Crippen LogP contribution in [0.5, 0.6) is 5.75 Å². The first-order valence-electron chi connectivity index (χ1n) is 9.08. The second kappa shape index (κ2) is 9.55. The summed E-state index contributed by atoms with van der Waals surface area (Å²) in [6.45, 7) is 0.228. The minimum absolute atomic E-state index is 0.0335. The molecule has 1 aliphatic rings. The zero-order valence-electron chi connectivity index (χ0n) is 15.9. The number of halogens is 2. The topological polar surface area (TPSA) is 78.4 Å². The maximum Gasteiger partial charge on any atom is 0.267 e. The predicted octanol–water partition coefficient (Wildman–Crippen LogP) is 5.91. The molecule has 1 saturated heterocycles. The first kappa shape index (κ1) is 21.4.